The third kappa shape index (κ3) is 2.46. The normalized spacial score (nSPS) is 12.1. The summed E-state index contributed by atoms with van der Waals surface area (Å²) in [6.07, 6.45) is 0. The Morgan fingerprint density at radius 3 is 2.26 bits per heavy atom. The van der Waals surface area contributed by atoms with Gasteiger partial charge in [0.2, 0.25) is 0 Å². The Morgan fingerprint density at radius 1 is 0.529 bits per heavy atom. The van der Waals surface area contributed by atoms with Crippen molar-refractivity contribution in [2.45, 2.75) is 0 Å². The van der Waals surface area contributed by atoms with Crippen LogP contribution in [0.1, 0.15) is 0 Å². The highest BCUT2D eigenvalue weighted by molar-refractivity contribution is 7.26. The van der Waals surface area contributed by atoms with Crippen LogP contribution in [0.4, 0.5) is 11.4 Å². The lowest BCUT2D eigenvalue weighted by Crippen LogP contribution is -1.90. The van der Waals surface area contributed by atoms with E-state index in [0.717, 1.165) is 55.3 Å². The van der Waals surface area contributed by atoms with Gasteiger partial charge in [0.25, 0.3) is 0 Å². The molecule has 0 saturated carbocycles. The second kappa shape index (κ2) is 6.62. The van der Waals surface area contributed by atoms with Crippen LogP contribution < -0.4 is 5.32 Å². The number of nitrogens with one attached hydrogen (secondary N) is 1. The topological polar surface area (TPSA) is 38.3 Å². The Kier molecular flexibility index (Phi) is 3.54. The van der Waals surface area contributed by atoms with Crippen molar-refractivity contribution in [1.29, 1.82) is 0 Å². The van der Waals surface area contributed by atoms with Gasteiger partial charge in [0.15, 0.2) is 5.58 Å². The van der Waals surface area contributed by atoms with Gasteiger partial charge >= 0.3 is 0 Å². The molecule has 160 valence electrons. The second-order valence-corrected chi connectivity index (χ2v) is 9.72. The fourth-order valence-electron chi connectivity index (χ4n) is 5.12. The Balaban J connectivity index is 1.32. The average Bonchev–Trinajstić information content (AvgIpc) is 3.54. The molecule has 0 amide bonds. The molecule has 3 aromatic heterocycles. The number of rotatable bonds is 2. The number of thiophene rings is 1. The van der Waals surface area contributed by atoms with E-state index >= 15 is 0 Å². The van der Waals surface area contributed by atoms with Crippen molar-refractivity contribution in [3.63, 3.8) is 0 Å². The second-order valence-electron chi connectivity index (χ2n) is 8.63. The molecule has 0 aliphatic carbocycles. The van der Waals surface area contributed by atoms with Gasteiger partial charge in [-0.25, -0.2) is 0 Å². The van der Waals surface area contributed by atoms with E-state index in [1.807, 2.05) is 29.5 Å². The summed E-state index contributed by atoms with van der Waals surface area (Å²) in [6, 6.07) is 33.6. The maximum Gasteiger partial charge on any atom is 0.158 e. The zero-order valence-electron chi connectivity index (χ0n) is 18.0. The predicted molar refractivity (Wildman–Crippen MR) is 144 cm³/mol. The minimum absolute atomic E-state index is 0.866. The first kappa shape index (κ1) is 18.2. The summed E-state index contributed by atoms with van der Waals surface area (Å²) in [5.74, 6) is 0. The minimum atomic E-state index is 0.866. The first-order valence-electron chi connectivity index (χ1n) is 11.3. The number of fused-ring (bicyclic) bond motifs is 10. The maximum atomic E-state index is 6.59. The Labute approximate surface area is 197 Å². The van der Waals surface area contributed by atoms with Crippen LogP contribution in [0.5, 0.6) is 0 Å². The number of para-hydroxylation sites is 2. The van der Waals surface area contributed by atoms with Crippen LogP contribution in [-0.2, 0) is 0 Å². The van der Waals surface area contributed by atoms with Crippen LogP contribution in [0.3, 0.4) is 0 Å². The predicted octanol–water partition coefficient (Wildman–Crippen LogP) is 9.60. The van der Waals surface area contributed by atoms with E-state index in [-0.39, 0.29) is 0 Å². The van der Waals surface area contributed by atoms with Gasteiger partial charge in [-0.3, -0.25) is 0 Å². The fraction of sp³-hybridized carbons (Fsp3) is 0. The van der Waals surface area contributed by atoms with E-state index in [1.54, 1.807) is 0 Å². The zero-order valence-corrected chi connectivity index (χ0v) is 18.8. The van der Waals surface area contributed by atoms with Gasteiger partial charge in [-0.2, -0.15) is 0 Å². The lowest BCUT2D eigenvalue weighted by atomic mass is 10.1. The van der Waals surface area contributed by atoms with Gasteiger partial charge in [0.05, 0.1) is 5.69 Å². The molecule has 0 atom stereocenters. The highest BCUT2D eigenvalue weighted by Gasteiger charge is 2.17. The highest BCUT2D eigenvalue weighted by Crippen LogP contribution is 2.43. The SMILES string of the molecule is c1ccc2c(c1)oc1cc(Nc3cccc4c3oc3c4ccc4sc5ccccc5c43)ccc12. The number of hydrogen-bond donors (Lipinski definition) is 1. The molecule has 0 aliphatic rings. The smallest absolute Gasteiger partial charge is 0.158 e. The lowest BCUT2D eigenvalue weighted by Gasteiger charge is -2.06. The molecule has 8 aromatic rings. The van der Waals surface area contributed by atoms with Crippen molar-refractivity contribution in [2.24, 2.45) is 0 Å². The monoisotopic (exact) mass is 455 g/mol. The fourth-order valence-corrected chi connectivity index (χ4v) is 6.23. The average molecular weight is 456 g/mol. The first-order chi connectivity index (χ1) is 16.8. The van der Waals surface area contributed by atoms with Crippen LogP contribution in [0.15, 0.2) is 106 Å². The molecule has 4 heteroatoms. The summed E-state index contributed by atoms with van der Waals surface area (Å²) in [5, 5.41) is 10.5. The number of furan rings is 2. The summed E-state index contributed by atoms with van der Waals surface area (Å²) >= 11 is 1.81. The van der Waals surface area contributed by atoms with Crippen molar-refractivity contribution in [2.75, 3.05) is 5.32 Å². The van der Waals surface area contributed by atoms with Crippen molar-refractivity contribution in [3.8, 4) is 0 Å². The quantitative estimate of drug-likeness (QED) is 0.282. The molecular weight excluding hydrogens is 438 g/mol. The third-order valence-corrected chi connectivity index (χ3v) is 7.80. The first-order valence-corrected chi connectivity index (χ1v) is 12.1. The summed E-state index contributed by atoms with van der Waals surface area (Å²) in [4.78, 5) is 0. The zero-order chi connectivity index (χ0) is 22.2. The van der Waals surface area contributed by atoms with E-state index in [1.165, 1.54) is 20.2 Å². The number of anilines is 2. The molecule has 0 aliphatic heterocycles. The molecule has 5 aromatic carbocycles. The summed E-state index contributed by atoms with van der Waals surface area (Å²) in [6.45, 7) is 0. The van der Waals surface area contributed by atoms with E-state index < -0.39 is 0 Å². The van der Waals surface area contributed by atoms with E-state index in [9.17, 15) is 0 Å². The van der Waals surface area contributed by atoms with Crippen molar-refractivity contribution < 1.29 is 8.83 Å². The van der Waals surface area contributed by atoms with Crippen molar-refractivity contribution in [1.82, 2.24) is 0 Å². The molecule has 1 N–H and O–H groups in total. The highest BCUT2D eigenvalue weighted by atomic mass is 32.1. The third-order valence-electron chi connectivity index (χ3n) is 6.66. The summed E-state index contributed by atoms with van der Waals surface area (Å²) < 4.78 is 15.2. The lowest BCUT2D eigenvalue weighted by molar-refractivity contribution is 0.669. The number of benzene rings is 5. The molecule has 8 rings (SSSR count). The Bertz CT molecular complexity index is 2060. The van der Waals surface area contributed by atoms with Gasteiger partial charge < -0.3 is 14.2 Å². The van der Waals surface area contributed by atoms with Crippen LogP contribution >= 0.6 is 11.3 Å². The van der Waals surface area contributed by atoms with Gasteiger partial charge in [0, 0.05) is 53.5 Å². The molecule has 0 saturated heterocycles. The van der Waals surface area contributed by atoms with Gasteiger partial charge in [-0.05, 0) is 42.5 Å². The number of hydrogen-bond acceptors (Lipinski definition) is 4. The molecule has 3 nitrogen and oxygen atoms in total. The minimum Gasteiger partial charge on any atom is -0.456 e. The van der Waals surface area contributed by atoms with E-state index in [0.29, 0.717) is 0 Å². The van der Waals surface area contributed by atoms with E-state index in [4.69, 9.17) is 8.83 Å². The van der Waals surface area contributed by atoms with Gasteiger partial charge in [-0.15, -0.1) is 11.3 Å². The summed E-state index contributed by atoms with van der Waals surface area (Å²) in [7, 11) is 0. The molecule has 0 bridgehead atoms. The molecule has 34 heavy (non-hydrogen) atoms. The molecule has 0 unspecified atom stereocenters. The molecule has 0 radical (unpaired) electrons. The van der Waals surface area contributed by atoms with Crippen LogP contribution in [0.25, 0.3) is 64.0 Å². The maximum absolute atomic E-state index is 6.59. The molecule has 3 heterocycles. The van der Waals surface area contributed by atoms with Gasteiger partial charge in [-0.1, -0.05) is 48.5 Å². The summed E-state index contributed by atoms with van der Waals surface area (Å²) in [5.41, 5.74) is 5.50. The molecule has 0 fully saturated rings. The van der Waals surface area contributed by atoms with Crippen LogP contribution in [0, 0.1) is 0 Å². The largest absolute Gasteiger partial charge is 0.456 e. The van der Waals surface area contributed by atoms with Crippen molar-refractivity contribution >= 4 is 86.8 Å². The van der Waals surface area contributed by atoms with Crippen molar-refractivity contribution in [3.05, 3.63) is 97.1 Å². The molecule has 0 spiro atoms. The van der Waals surface area contributed by atoms with Gasteiger partial charge in [0.1, 0.15) is 16.7 Å². The standard InChI is InChI=1S/C30H17NO2S/c1-3-10-24-18(6-1)19-13-12-17(16-25(19)32-24)31-23-9-5-8-20-21-14-15-27-28(30(21)33-29(20)23)22-7-2-4-11-26(22)34-27/h1-16,31H. The van der Waals surface area contributed by atoms with E-state index in [2.05, 4.69) is 84.2 Å². The molecular formula is C30H17NO2S. The van der Waals surface area contributed by atoms with Crippen LogP contribution in [0.2, 0.25) is 0 Å². The Morgan fingerprint density at radius 2 is 1.29 bits per heavy atom. The Hall–Kier alpha value is -4.28. The van der Waals surface area contributed by atoms with Crippen LogP contribution in [-0.4, -0.2) is 0 Å².